The standard InChI is InChI=1S/C45H28N4Si/c1-47-41-29-34(33-23-25-35(26-24-33)49-42-21-13-12-20-39(42)40-28-32(31-46)22-27-43(40)49)30-44(45(41)48-2)50(36-14-6-3-7-15-36,37-16-8-4-9-17-37)38-18-10-5-11-19-38/h3-30H. The zero-order valence-corrected chi connectivity index (χ0v) is 28.0. The number of nitrogens with zero attached hydrogens (tertiary/aromatic N) is 4. The van der Waals surface area contributed by atoms with Gasteiger partial charge in [0.1, 0.15) is 0 Å². The van der Waals surface area contributed by atoms with Gasteiger partial charge in [-0.3, -0.25) is 9.69 Å². The Labute approximate surface area is 292 Å². The lowest BCUT2D eigenvalue weighted by Gasteiger charge is -2.36. The van der Waals surface area contributed by atoms with Gasteiger partial charge in [0, 0.05) is 16.5 Å². The first kappa shape index (κ1) is 30.4. The van der Waals surface area contributed by atoms with E-state index in [4.69, 9.17) is 13.1 Å². The molecule has 0 fully saturated rings. The van der Waals surface area contributed by atoms with Crippen LogP contribution in [0.2, 0.25) is 0 Å². The molecule has 0 atom stereocenters. The van der Waals surface area contributed by atoms with Crippen LogP contribution in [0.1, 0.15) is 5.56 Å². The number of hydrogen-bond acceptors (Lipinski definition) is 1. The number of para-hydroxylation sites is 1. The van der Waals surface area contributed by atoms with E-state index in [9.17, 15) is 5.26 Å². The summed E-state index contributed by atoms with van der Waals surface area (Å²) in [6.07, 6.45) is 0. The van der Waals surface area contributed by atoms with Gasteiger partial charge in [0.2, 0.25) is 0 Å². The lowest BCUT2D eigenvalue weighted by Crippen LogP contribution is -2.74. The van der Waals surface area contributed by atoms with E-state index in [2.05, 4.69) is 136 Å². The summed E-state index contributed by atoms with van der Waals surface area (Å²) < 4.78 is 2.23. The molecule has 0 amide bonds. The van der Waals surface area contributed by atoms with Crippen LogP contribution in [0.3, 0.4) is 0 Å². The first-order valence-electron chi connectivity index (χ1n) is 16.3. The van der Waals surface area contributed by atoms with Gasteiger partial charge < -0.3 is 4.57 Å². The lowest BCUT2D eigenvalue weighted by atomic mass is 10.0. The highest BCUT2D eigenvalue weighted by molar-refractivity contribution is 7.20. The van der Waals surface area contributed by atoms with Crippen LogP contribution in [0.4, 0.5) is 11.4 Å². The molecule has 0 bridgehead atoms. The average Bonchev–Trinajstić information content (AvgIpc) is 3.52. The molecule has 1 heterocycles. The molecule has 50 heavy (non-hydrogen) atoms. The normalized spacial score (nSPS) is 11.1. The summed E-state index contributed by atoms with van der Waals surface area (Å²) in [5.74, 6) is 0. The minimum atomic E-state index is -3.09. The van der Waals surface area contributed by atoms with Crippen LogP contribution in [0.15, 0.2) is 170 Å². The Hall–Kier alpha value is -6.97. The first-order chi connectivity index (χ1) is 24.7. The van der Waals surface area contributed by atoms with Gasteiger partial charge in [-0.15, -0.1) is 0 Å². The number of rotatable bonds is 6. The second kappa shape index (κ2) is 12.6. The van der Waals surface area contributed by atoms with E-state index in [1.165, 1.54) is 0 Å². The molecule has 8 aromatic rings. The van der Waals surface area contributed by atoms with Crippen molar-refractivity contribution >= 4 is 62.0 Å². The number of aromatic nitrogens is 1. The van der Waals surface area contributed by atoms with Gasteiger partial charge in [0.05, 0.1) is 35.8 Å². The van der Waals surface area contributed by atoms with Crippen molar-refractivity contribution < 1.29 is 0 Å². The fourth-order valence-corrected chi connectivity index (χ4v) is 12.4. The Morgan fingerprint density at radius 1 is 0.520 bits per heavy atom. The van der Waals surface area contributed by atoms with Crippen molar-refractivity contribution in [1.29, 1.82) is 5.26 Å². The Morgan fingerprint density at radius 3 is 1.64 bits per heavy atom. The highest BCUT2D eigenvalue weighted by atomic mass is 28.3. The molecule has 0 radical (unpaired) electrons. The SMILES string of the molecule is [C-]#[N+]c1cc(-c2ccc(-n3c4ccccc4c4cc(C#N)ccc43)cc2)cc([Si](c2ccccc2)(c2ccccc2)c2ccccc2)c1[N+]#[C-]. The Morgan fingerprint density at radius 2 is 1.08 bits per heavy atom. The zero-order chi connectivity index (χ0) is 34.1. The summed E-state index contributed by atoms with van der Waals surface area (Å²) in [4.78, 5) is 8.04. The molecule has 0 N–H and O–H groups in total. The molecule has 0 aliphatic carbocycles. The minimum Gasteiger partial charge on any atom is -0.309 e. The highest BCUT2D eigenvalue weighted by Gasteiger charge is 2.43. The van der Waals surface area contributed by atoms with Crippen LogP contribution in [0.5, 0.6) is 0 Å². The molecule has 0 saturated carbocycles. The predicted octanol–water partition coefficient (Wildman–Crippen LogP) is 8.80. The average molecular weight is 653 g/mol. The van der Waals surface area contributed by atoms with E-state index in [0.29, 0.717) is 16.9 Å². The predicted molar refractivity (Wildman–Crippen MR) is 207 cm³/mol. The molecule has 5 heteroatoms. The summed E-state index contributed by atoms with van der Waals surface area (Å²) >= 11 is 0. The van der Waals surface area contributed by atoms with Gasteiger partial charge in [-0.25, -0.2) is 0 Å². The summed E-state index contributed by atoms with van der Waals surface area (Å²) in [5, 5.41) is 16.1. The van der Waals surface area contributed by atoms with Gasteiger partial charge in [0.15, 0.2) is 19.4 Å². The molecule has 8 rings (SSSR count). The van der Waals surface area contributed by atoms with Gasteiger partial charge >= 0.3 is 0 Å². The Balaban J connectivity index is 1.37. The summed E-state index contributed by atoms with van der Waals surface area (Å²) in [7, 11) is -3.09. The van der Waals surface area contributed by atoms with Gasteiger partial charge in [-0.2, -0.15) is 5.26 Å². The topological polar surface area (TPSA) is 37.4 Å². The number of benzene rings is 7. The van der Waals surface area contributed by atoms with Gasteiger partial charge in [-0.1, -0.05) is 139 Å². The molecule has 0 spiro atoms. The quantitative estimate of drug-likeness (QED) is 0.101. The van der Waals surface area contributed by atoms with Crippen molar-refractivity contribution in [2.75, 3.05) is 0 Å². The van der Waals surface area contributed by atoms with Crippen LogP contribution in [0.25, 0.3) is 48.3 Å². The Kier molecular flexibility index (Phi) is 7.63. The number of fused-ring (bicyclic) bond motifs is 3. The van der Waals surface area contributed by atoms with E-state index >= 15 is 0 Å². The monoisotopic (exact) mass is 652 g/mol. The molecule has 0 unspecified atom stereocenters. The summed E-state index contributed by atoms with van der Waals surface area (Å²) in [6, 6.07) is 60.3. The maximum absolute atomic E-state index is 9.58. The fraction of sp³-hybridized carbons (Fsp3) is 0. The van der Waals surface area contributed by atoms with E-state index in [-0.39, 0.29) is 0 Å². The van der Waals surface area contributed by atoms with Crippen molar-refractivity contribution in [2.45, 2.75) is 0 Å². The van der Waals surface area contributed by atoms with E-state index in [1.807, 2.05) is 54.6 Å². The largest absolute Gasteiger partial charge is 0.309 e. The third kappa shape index (κ3) is 4.80. The number of hydrogen-bond donors (Lipinski definition) is 0. The smallest absolute Gasteiger partial charge is 0.195 e. The molecule has 1 aromatic heterocycles. The highest BCUT2D eigenvalue weighted by Crippen LogP contribution is 2.36. The van der Waals surface area contributed by atoms with E-state index < -0.39 is 8.07 Å². The van der Waals surface area contributed by atoms with Crippen LogP contribution >= 0.6 is 0 Å². The summed E-state index contributed by atoms with van der Waals surface area (Å²) in [6.45, 7) is 16.7. The minimum absolute atomic E-state index is 0.354. The molecule has 0 aliphatic rings. The third-order valence-corrected chi connectivity index (χ3v) is 14.4. The molecule has 7 aromatic carbocycles. The molecule has 4 nitrogen and oxygen atoms in total. The van der Waals surface area contributed by atoms with Crippen molar-refractivity contribution in [1.82, 2.24) is 4.57 Å². The summed E-state index contributed by atoms with van der Waals surface area (Å²) in [5.41, 5.74) is 6.33. The zero-order valence-electron chi connectivity index (χ0n) is 27.0. The van der Waals surface area contributed by atoms with Gasteiger partial charge in [0.25, 0.3) is 0 Å². The Bertz CT molecular complexity index is 2560. The van der Waals surface area contributed by atoms with Crippen LogP contribution in [0, 0.1) is 24.5 Å². The van der Waals surface area contributed by atoms with E-state index in [1.54, 1.807) is 0 Å². The first-order valence-corrected chi connectivity index (χ1v) is 18.3. The second-order valence-corrected chi connectivity index (χ2v) is 16.0. The molecular weight excluding hydrogens is 625 g/mol. The van der Waals surface area contributed by atoms with Gasteiger partial charge in [-0.05, 0) is 63.1 Å². The fourth-order valence-electron chi connectivity index (χ4n) is 7.43. The van der Waals surface area contributed by atoms with Crippen molar-refractivity contribution in [2.24, 2.45) is 0 Å². The van der Waals surface area contributed by atoms with Crippen LogP contribution in [-0.4, -0.2) is 12.6 Å². The maximum atomic E-state index is 9.58. The van der Waals surface area contributed by atoms with E-state index in [0.717, 1.165) is 59.4 Å². The van der Waals surface area contributed by atoms with Crippen LogP contribution < -0.4 is 20.7 Å². The van der Waals surface area contributed by atoms with Crippen LogP contribution in [-0.2, 0) is 0 Å². The molecule has 232 valence electrons. The second-order valence-electron chi connectivity index (χ2n) is 12.2. The van der Waals surface area contributed by atoms with Crippen molar-refractivity contribution in [3.8, 4) is 22.9 Å². The molecule has 0 aliphatic heterocycles. The van der Waals surface area contributed by atoms with Crippen molar-refractivity contribution in [3.63, 3.8) is 0 Å². The molecular formula is C45H28N4Si. The molecule has 0 saturated heterocycles. The number of nitriles is 1. The lowest BCUT2D eigenvalue weighted by molar-refractivity contribution is 1.18. The third-order valence-electron chi connectivity index (χ3n) is 9.61. The van der Waals surface area contributed by atoms with Crippen molar-refractivity contribution in [3.05, 3.63) is 198 Å². The maximum Gasteiger partial charge on any atom is 0.195 e.